The van der Waals surface area contributed by atoms with Crippen molar-refractivity contribution in [2.75, 3.05) is 12.9 Å². The number of rotatable bonds is 8. The molecule has 0 saturated heterocycles. The number of methoxy groups -OCH3 is 1. The van der Waals surface area contributed by atoms with E-state index >= 15 is 0 Å². The van der Waals surface area contributed by atoms with E-state index in [0.29, 0.717) is 5.75 Å². The molecular weight excluding hydrogens is 196 g/mol. The van der Waals surface area contributed by atoms with E-state index in [4.69, 9.17) is 0 Å². The van der Waals surface area contributed by atoms with Crippen molar-refractivity contribution in [3.63, 3.8) is 0 Å². The molecule has 0 spiro atoms. The Labute approximate surface area is 91.1 Å². The zero-order valence-corrected chi connectivity index (χ0v) is 9.94. The van der Waals surface area contributed by atoms with Gasteiger partial charge >= 0.3 is 5.97 Å². The van der Waals surface area contributed by atoms with E-state index in [1.54, 1.807) is 0 Å². The summed E-state index contributed by atoms with van der Waals surface area (Å²) in [6, 6.07) is 0. The van der Waals surface area contributed by atoms with Crippen LogP contribution in [0.4, 0.5) is 0 Å². The molecule has 0 radical (unpaired) electrons. The fourth-order valence-corrected chi connectivity index (χ4v) is 1.62. The Hall–Kier alpha value is -0.440. The summed E-state index contributed by atoms with van der Waals surface area (Å²) in [5.74, 6) is 0.257. The lowest BCUT2D eigenvalue weighted by Crippen LogP contribution is -2.01. The number of thioether (sulfide) groups is 1. The normalized spacial score (nSPS) is 10.7. The van der Waals surface area contributed by atoms with Gasteiger partial charge in [0.1, 0.15) is 0 Å². The van der Waals surface area contributed by atoms with Gasteiger partial charge in [0, 0.05) is 0 Å². The van der Waals surface area contributed by atoms with Crippen LogP contribution in [0, 0.1) is 0 Å². The molecule has 0 aliphatic rings. The molecule has 14 heavy (non-hydrogen) atoms. The van der Waals surface area contributed by atoms with Crippen molar-refractivity contribution in [2.45, 2.75) is 39.0 Å². The quantitative estimate of drug-likeness (QED) is 0.459. The number of unbranched alkanes of at least 4 members (excludes halogenated alkanes) is 4. The van der Waals surface area contributed by atoms with E-state index in [1.807, 2.05) is 5.41 Å². The van der Waals surface area contributed by atoms with Crippen LogP contribution in [0.5, 0.6) is 0 Å². The molecule has 0 amide bonds. The second-order valence-corrected chi connectivity index (χ2v) is 4.00. The Bertz CT molecular complexity index is 167. The highest BCUT2D eigenvalue weighted by atomic mass is 32.2. The molecule has 0 fully saturated rings. The molecule has 3 heteroatoms. The fraction of sp³-hybridized carbons (Fsp3) is 0.727. The summed E-state index contributed by atoms with van der Waals surface area (Å²) in [4.78, 5) is 10.7. The van der Waals surface area contributed by atoms with Crippen LogP contribution < -0.4 is 0 Å². The third-order valence-electron chi connectivity index (χ3n) is 1.85. The Balaban J connectivity index is 3.15. The summed E-state index contributed by atoms with van der Waals surface area (Å²) in [5.41, 5.74) is 0. The first kappa shape index (κ1) is 13.6. The van der Waals surface area contributed by atoms with Gasteiger partial charge in [0.25, 0.3) is 0 Å². The SMILES string of the molecule is CCCCCC/C=C/SCC(=O)OC. The summed E-state index contributed by atoms with van der Waals surface area (Å²) in [7, 11) is 1.41. The highest BCUT2D eigenvalue weighted by Gasteiger charge is 1.95. The summed E-state index contributed by atoms with van der Waals surface area (Å²) in [6.45, 7) is 2.21. The van der Waals surface area contributed by atoms with Gasteiger partial charge in [-0.25, -0.2) is 0 Å². The minimum Gasteiger partial charge on any atom is -0.468 e. The largest absolute Gasteiger partial charge is 0.468 e. The van der Waals surface area contributed by atoms with Gasteiger partial charge in [0.05, 0.1) is 12.9 Å². The third kappa shape index (κ3) is 9.65. The molecule has 0 aliphatic heterocycles. The van der Waals surface area contributed by atoms with E-state index < -0.39 is 0 Å². The summed E-state index contributed by atoms with van der Waals surface area (Å²) < 4.78 is 4.52. The van der Waals surface area contributed by atoms with Crippen LogP contribution in [0.2, 0.25) is 0 Å². The monoisotopic (exact) mass is 216 g/mol. The van der Waals surface area contributed by atoms with Gasteiger partial charge in [-0.15, -0.1) is 11.8 Å². The van der Waals surface area contributed by atoms with Crippen LogP contribution in [-0.2, 0) is 9.53 Å². The van der Waals surface area contributed by atoms with Crippen LogP contribution in [0.1, 0.15) is 39.0 Å². The van der Waals surface area contributed by atoms with E-state index in [2.05, 4.69) is 17.7 Å². The number of esters is 1. The molecule has 0 unspecified atom stereocenters. The van der Waals surface area contributed by atoms with Gasteiger partial charge in [0.15, 0.2) is 0 Å². The second-order valence-electron chi connectivity index (χ2n) is 3.11. The van der Waals surface area contributed by atoms with Gasteiger partial charge in [-0.05, 0) is 18.2 Å². The predicted octanol–water partition coefficient (Wildman–Crippen LogP) is 3.38. The molecule has 0 atom stereocenters. The zero-order valence-electron chi connectivity index (χ0n) is 9.12. The van der Waals surface area contributed by atoms with Gasteiger partial charge in [-0.2, -0.15) is 0 Å². The lowest BCUT2D eigenvalue weighted by Gasteiger charge is -1.95. The van der Waals surface area contributed by atoms with Crippen LogP contribution >= 0.6 is 11.8 Å². The molecule has 0 N–H and O–H groups in total. The second kappa shape index (κ2) is 10.6. The van der Waals surface area contributed by atoms with Crippen molar-refractivity contribution in [1.82, 2.24) is 0 Å². The highest BCUT2D eigenvalue weighted by molar-refractivity contribution is 8.02. The van der Waals surface area contributed by atoms with Crippen molar-refractivity contribution >= 4 is 17.7 Å². The number of carbonyl (C=O) groups is 1. The minimum atomic E-state index is -0.161. The number of ether oxygens (including phenoxy) is 1. The van der Waals surface area contributed by atoms with Crippen molar-refractivity contribution in [1.29, 1.82) is 0 Å². The number of carbonyl (C=O) groups excluding carboxylic acids is 1. The average molecular weight is 216 g/mol. The maximum absolute atomic E-state index is 10.7. The molecule has 82 valence electrons. The van der Waals surface area contributed by atoms with Crippen molar-refractivity contribution in [2.24, 2.45) is 0 Å². The van der Waals surface area contributed by atoms with Crippen molar-refractivity contribution in [3.8, 4) is 0 Å². The smallest absolute Gasteiger partial charge is 0.315 e. The summed E-state index contributed by atoms with van der Waals surface area (Å²) >= 11 is 1.49. The maximum atomic E-state index is 10.7. The molecule has 2 nitrogen and oxygen atoms in total. The van der Waals surface area contributed by atoms with Gasteiger partial charge < -0.3 is 4.74 Å². The molecule has 0 bridgehead atoms. The molecule has 0 heterocycles. The number of hydrogen-bond acceptors (Lipinski definition) is 3. The summed E-state index contributed by atoms with van der Waals surface area (Å²) in [5, 5.41) is 1.99. The molecule has 0 aromatic carbocycles. The van der Waals surface area contributed by atoms with Crippen LogP contribution in [0.15, 0.2) is 11.5 Å². The van der Waals surface area contributed by atoms with E-state index in [9.17, 15) is 4.79 Å². The van der Waals surface area contributed by atoms with Crippen LogP contribution in [0.3, 0.4) is 0 Å². The Morgan fingerprint density at radius 2 is 2.14 bits per heavy atom. The molecule has 0 aliphatic carbocycles. The highest BCUT2D eigenvalue weighted by Crippen LogP contribution is 2.07. The Kier molecular flexibility index (Phi) is 10.3. The van der Waals surface area contributed by atoms with E-state index in [0.717, 1.165) is 6.42 Å². The fourth-order valence-electron chi connectivity index (χ4n) is 1.00. The van der Waals surface area contributed by atoms with Gasteiger partial charge in [-0.3, -0.25) is 4.79 Å². The van der Waals surface area contributed by atoms with Crippen molar-refractivity contribution in [3.05, 3.63) is 11.5 Å². The first-order chi connectivity index (χ1) is 6.81. The first-order valence-corrected chi connectivity index (χ1v) is 6.19. The van der Waals surface area contributed by atoms with Crippen LogP contribution in [-0.4, -0.2) is 18.8 Å². The summed E-state index contributed by atoms with van der Waals surface area (Å²) in [6.07, 6.45) is 8.41. The molecule has 0 aromatic heterocycles. The maximum Gasteiger partial charge on any atom is 0.315 e. The van der Waals surface area contributed by atoms with E-state index in [-0.39, 0.29) is 5.97 Å². The van der Waals surface area contributed by atoms with Crippen molar-refractivity contribution < 1.29 is 9.53 Å². The standard InChI is InChI=1S/C11H20O2S/c1-3-4-5-6-7-8-9-14-10-11(12)13-2/h8-9H,3-7,10H2,1-2H3/b9-8+. The predicted molar refractivity (Wildman–Crippen MR) is 62.4 cm³/mol. The average Bonchev–Trinajstić information content (AvgIpc) is 2.21. The number of hydrogen-bond donors (Lipinski definition) is 0. The van der Waals surface area contributed by atoms with Crippen LogP contribution in [0.25, 0.3) is 0 Å². The van der Waals surface area contributed by atoms with Gasteiger partial charge in [-0.1, -0.05) is 32.3 Å². The lowest BCUT2D eigenvalue weighted by atomic mass is 10.2. The van der Waals surface area contributed by atoms with Gasteiger partial charge in [0.2, 0.25) is 0 Å². The molecule has 0 saturated carbocycles. The third-order valence-corrected chi connectivity index (χ3v) is 2.63. The topological polar surface area (TPSA) is 26.3 Å². The molecular formula is C11H20O2S. The molecule has 0 aromatic rings. The Morgan fingerprint density at radius 3 is 2.79 bits per heavy atom. The first-order valence-electron chi connectivity index (χ1n) is 5.14. The minimum absolute atomic E-state index is 0.161. The molecule has 0 rings (SSSR count). The van der Waals surface area contributed by atoms with E-state index in [1.165, 1.54) is 44.6 Å². The number of allylic oxidation sites excluding steroid dienone is 1. The zero-order chi connectivity index (χ0) is 10.6. The lowest BCUT2D eigenvalue weighted by molar-refractivity contribution is -0.137. The Morgan fingerprint density at radius 1 is 1.36 bits per heavy atom.